The van der Waals surface area contributed by atoms with Crippen LogP contribution in [0.2, 0.25) is 5.02 Å². The lowest BCUT2D eigenvalue weighted by atomic mass is 10.0. The number of rotatable bonds is 3. The predicted molar refractivity (Wildman–Crippen MR) is 76.8 cm³/mol. The van der Waals surface area contributed by atoms with Crippen molar-refractivity contribution in [3.8, 4) is 0 Å². The van der Waals surface area contributed by atoms with Gasteiger partial charge in [-0.05, 0) is 24.7 Å². The number of halogens is 1. The van der Waals surface area contributed by atoms with E-state index in [1.165, 1.54) is 22.8 Å². The average Bonchev–Trinajstić information content (AvgIpc) is 2.31. The van der Waals surface area contributed by atoms with Crippen LogP contribution in [0.5, 0.6) is 0 Å². The van der Waals surface area contributed by atoms with Crippen LogP contribution < -0.4 is 5.32 Å². The van der Waals surface area contributed by atoms with Crippen molar-refractivity contribution in [3.63, 3.8) is 0 Å². The fourth-order valence-corrected chi connectivity index (χ4v) is 5.07. The van der Waals surface area contributed by atoms with Gasteiger partial charge in [0.25, 0.3) is 0 Å². The van der Waals surface area contributed by atoms with Crippen LogP contribution >= 0.6 is 35.1 Å². The molecular weight excluding hydrogens is 258 g/mol. The molecule has 0 radical (unpaired) electrons. The zero-order chi connectivity index (χ0) is 11.4. The van der Waals surface area contributed by atoms with Crippen molar-refractivity contribution in [2.75, 3.05) is 24.3 Å². The van der Waals surface area contributed by atoms with E-state index in [-0.39, 0.29) is 0 Å². The van der Waals surface area contributed by atoms with Gasteiger partial charge in [0.1, 0.15) is 0 Å². The molecule has 0 spiro atoms. The lowest BCUT2D eigenvalue weighted by molar-refractivity contribution is 0.592. The summed E-state index contributed by atoms with van der Waals surface area (Å²) < 4.78 is 0. The van der Waals surface area contributed by atoms with Gasteiger partial charge in [0.05, 0.1) is 0 Å². The first-order valence-corrected chi connectivity index (χ1v) is 8.01. The number of benzene rings is 1. The van der Waals surface area contributed by atoms with Gasteiger partial charge in [-0.3, -0.25) is 0 Å². The Balaban J connectivity index is 2.14. The van der Waals surface area contributed by atoms with Crippen LogP contribution in [0.1, 0.15) is 11.6 Å². The van der Waals surface area contributed by atoms with Gasteiger partial charge in [-0.25, -0.2) is 0 Å². The maximum absolute atomic E-state index is 6.05. The van der Waals surface area contributed by atoms with Crippen LogP contribution in [0.3, 0.4) is 0 Å². The zero-order valence-corrected chi connectivity index (χ0v) is 11.7. The maximum atomic E-state index is 6.05. The van der Waals surface area contributed by atoms with E-state index in [2.05, 4.69) is 41.0 Å². The summed E-state index contributed by atoms with van der Waals surface area (Å²) in [6, 6.07) is 8.61. The summed E-state index contributed by atoms with van der Waals surface area (Å²) in [5, 5.41) is 4.90. The van der Waals surface area contributed by atoms with E-state index in [0.717, 1.165) is 5.02 Å². The summed E-state index contributed by atoms with van der Waals surface area (Å²) in [5.41, 5.74) is 1.30. The Morgan fingerprint density at radius 2 is 2.31 bits per heavy atom. The normalized spacial score (nSPS) is 23.0. The minimum absolute atomic E-state index is 0.413. The molecule has 1 N–H and O–H groups in total. The average molecular weight is 274 g/mol. The molecule has 0 aliphatic carbocycles. The van der Waals surface area contributed by atoms with Crippen LogP contribution in [-0.4, -0.2) is 29.6 Å². The summed E-state index contributed by atoms with van der Waals surface area (Å²) in [5.74, 6) is 3.77. The fourth-order valence-electron chi connectivity index (χ4n) is 1.97. The Morgan fingerprint density at radius 3 is 2.94 bits per heavy atom. The maximum Gasteiger partial charge on any atom is 0.0446 e. The van der Waals surface area contributed by atoms with Gasteiger partial charge in [0, 0.05) is 33.6 Å². The van der Waals surface area contributed by atoms with Crippen molar-refractivity contribution in [2.45, 2.75) is 11.3 Å². The molecule has 1 saturated heterocycles. The van der Waals surface area contributed by atoms with E-state index in [4.69, 9.17) is 11.6 Å². The second-order valence-corrected chi connectivity index (χ2v) is 6.74. The molecule has 0 aromatic heterocycles. The lowest BCUT2D eigenvalue weighted by Gasteiger charge is -2.29. The largest absolute Gasteiger partial charge is 0.312 e. The molecule has 1 fully saturated rings. The van der Waals surface area contributed by atoms with Gasteiger partial charge in [-0.1, -0.05) is 23.7 Å². The first-order chi connectivity index (χ1) is 7.81. The van der Waals surface area contributed by atoms with Crippen LogP contribution in [-0.2, 0) is 0 Å². The molecule has 88 valence electrons. The van der Waals surface area contributed by atoms with E-state index in [1.807, 2.05) is 19.2 Å². The third-order valence-corrected chi connectivity index (χ3v) is 5.83. The van der Waals surface area contributed by atoms with Crippen molar-refractivity contribution in [3.05, 3.63) is 34.9 Å². The number of hydrogen-bond acceptors (Lipinski definition) is 3. The highest BCUT2D eigenvalue weighted by Crippen LogP contribution is 2.33. The molecule has 1 heterocycles. The first kappa shape index (κ1) is 12.6. The highest BCUT2D eigenvalue weighted by molar-refractivity contribution is 8.06. The minimum Gasteiger partial charge on any atom is -0.312 e. The van der Waals surface area contributed by atoms with Crippen molar-refractivity contribution in [1.29, 1.82) is 0 Å². The van der Waals surface area contributed by atoms with Gasteiger partial charge in [0.2, 0.25) is 0 Å². The molecule has 2 unspecified atom stereocenters. The summed E-state index contributed by atoms with van der Waals surface area (Å²) >= 11 is 10.2. The van der Waals surface area contributed by atoms with E-state index in [0.29, 0.717) is 11.3 Å². The first-order valence-electron chi connectivity index (χ1n) is 5.43. The highest BCUT2D eigenvalue weighted by Gasteiger charge is 2.24. The highest BCUT2D eigenvalue weighted by atomic mass is 35.5. The van der Waals surface area contributed by atoms with E-state index in [9.17, 15) is 0 Å². The van der Waals surface area contributed by atoms with Gasteiger partial charge >= 0.3 is 0 Å². The van der Waals surface area contributed by atoms with Crippen molar-refractivity contribution in [1.82, 2.24) is 5.32 Å². The summed E-state index contributed by atoms with van der Waals surface area (Å²) in [4.78, 5) is 0. The van der Waals surface area contributed by atoms with Crippen LogP contribution in [0, 0.1) is 0 Å². The second kappa shape index (κ2) is 6.20. The summed E-state index contributed by atoms with van der Waals surface area (Å²) in [6.07, 6.45) is 0. The molecule has 1 aromatic carbocycles. The van der Waals surface area contributed by atoms with E-state index < -0.39 is 0 Å². The molecule has 0 amide bonds. The molecular formula is C12H16ClNS2. The molecule has 4 heteroatoms. The Kier molecular flexibility index (Phi) is 4.89. The number of thioether (sulfide) groups is 2. The second-order valence-electron chi connectivity index (χ2n) is 3.81. The standard InChI is InChI=1S/C12H16ClNS2/c1-14-12(11-8-15-5-6-16-11)9-3-2-4-10(13)7-9/h2-4,7,11-12,14H,5-6,8H2,1H3. The summed E-state index contributed by atoms with van der Waals surface area (Å²) in [6.45, 7) is 0. The van der Waals surface area contributed by atoms with Crippen molar-refractivity contribution < 1.29 is 0 Å². The van der Waals surface area contributed by atoms with Gasteiger partial charge in [0.15, 0.2) is 0 Å². The van der Waals surface area contributed by atoms with Gasteiger partial charge in [-0.15, -0.1) is 0 Å². The number of hydrogen-bond donors (Lipinski definition) is 1. The third kappa shape index (κ3) is 3.10. The quantitative estimate of drug-likeness (QED) is 0.906. The van der Waals surface area contributed by atoms with E-state index in [1.54, 1.807) is 0 Å². The Bertz CT molecular complexity index is 340. The Hall–Kier alpha value is 0.170. The van der Waals surface area contributed by atoms with Gasteiger partial charge < -0.3 is 5.32 Å². The molecule has 2 atom stereocenters. The van der Waals surface area contributed by atoms with Crippen LogP contribution in [0.15, 0.2) is 24.3 Å². The topological polar surface area (TPSA) is 12.0 Å². The van der Waals surface area contributed by atoms with Crippen LogP contribution in [0.25, 0.3) is 0 Å². The molecule has 0 saturated carbocycles. The van der Waals surface area contributed by atoms with Crippen molar-refractivity contribution in [2.24, 2.45) is 0 Å². The molecule has 1 aliphatic heterocycles. The zero-order valence-electron chi connectivity index (χ0n) is 9.28. The Labute approximate surface area is 111 Å². The van der Waals surface area contributed by atoms with E-state index >= 15 is 0 Å². The molecule has 2 rings (SSSR count). The molecule has 1 aliphatic rings. The molecule has 1 nitrogen and oxygen atoms in total. The summed E-state index contributed by atoms with van der Waals surface area (Å²) in [7, 11) is 2.03. The van der Waals surface area contributed by atoms with Gasteiger partial charge in [-0.2, -0.15) is 23.5 Å². The molecule has 1 aromatic rings. The van der Waals surface area contributed by atoms with Crippen LogP contribution in [0.4, 0.5) is 0 Å². The third-order valence-electron chi connectivity index (χ3n) is 2.73. The molecule has 16 heavy (non-hydrogen) atoms. The fraction of sp³-hybridized carbons (Fsp3) is 0.500. The van der Waals surface area contributed by atoms with Crippen molar-refractivity contribution >= 4 is 35.1 Å². The monoisotopic (exact) mass is 273 g/mol. The minimum atomic E-state index is 0.413. The molecule has 0 bridgehead atoms. The Morgan fingerprint density at radius 1 is 1.44 bits per heavy atom. The predicted octanol–water partition coefficient (Wildman–Crippen LogP) is 3.45. The SMILES string of the molecule is CNC(c1cccc(Cl)c1)C1CSCCS1. The lowest BCUT2D eigenvalue weighted by Crippen LogP contribution is -2.31. The smallest absolute Gasteiger partial charge is 0.0446 e. The number of nitrogens with one attached hydrogen (secondary N) is 1.